The lowest BCUT2D eigenvalue weighted by Crippen LogP contribution is -2.41. The predicted octanol–water partition coefficient (Wildman–Crippen LogP) is -0.412. The highest BCUT2D eigenvalue weighted by Gasteiger charge is 2.21. The molecule has 0 fully saturated rings. The molecule has 2 N–H and O–H groups in total. The highest BCUT2D eigenvalue weighted by Crippen LogP contribution is 2.17. The lowest BCUT2D eigenvalue weighted by atomic mass is 10.1. The number of hydrogen-bond acceptors (Lipinski definition) is 5. The molecule has 1 aromatic carbocycles. The molecule has 136 valence electrons. The van der Waals surface area contributed by atoms with Crippen LogP contribution >= 0.6 is 12.4 Å². The first-order chi connectivity index (χ1) is 11.3. The number of nitrogens with one attached hydrogen (secondary N) is 2. The van der Waals surface area contributed by atoms with Crippen LogP contribution in [0.2, 0.25) is 0 Å². The number of fused-ring (bicyclic) bond motifs is 1. The maximum absolute atomic E-state index is 12.4. The highest BCUT2D eigenvalue weighted by molar-refractivity contribution is 7.89. The van der Waals surface area contributed by atoms with Crippen LogP contribution in [-0.2, 0) is 43.8 Å². The molecule has 2 heterocycles. The maximum atomic E-state index is 12.4. The van der Waals surface area contributed by atoms with E-state index < -0.39 is 26.2 Å². The molecule has 0 unspecified atom stereocenters. The summed E-state index contributed by atoms with van der Waals surface area (Å²) >= 11 is 0. The monoisotopic (exact) mass is 386 g/mol. The molecule has 0 radical (unpaired) electrons. The molecule has 0 amide bonds. The molecule has 2 aromatic rings. The van der Waals surface area contributed by atoms with Gasteiger partial charge in [-0.3, -0.25) is 9.36 Å². The van der Waals surface area contributed by atoms with Gasteiger partial charge in [0, 0.05) is 39.9 Å². The lowest BCUT2D eigenvalue weighted by Gasteiger charge is -2.10. The normalized spacial score (nSPS) is 13.4. The van der Waals surface area contributed by atoms with Crippen LogP contribution in [0, 0.1) is 0 Å². The van der Waals surface area contributed by atoms with Crippen molar-refractivity contribution in [2.24, 2.45) is 14.1 Å². The van der Waals surface area contributed by atoms with Crippen molar-refractivity contribution >= 4 is 22.4 Å². The van der Waals surface area contributed by atoms with E-state index in [4.69, 9.17) is 0 Å². The molecule has 25 heavy (non-hydrogen) atoms. The summed E-state index contributed by atoms with van der Waals surface area (Å²) in [5, 5.41) is 3.22. The second-order valence-electron chi connectivity index (χ2n) is 5.78. The van der Waals surface area contributed by atoms with E-state index in [1.807, 2.05) is 18.2 Å². The zero-order valence-corrected chi connectivity index (χ0v) is 15.4. The van der Waals surface area contributed by atoms with Gasteiger partial charge in [-0.15, -0.1) is 12.4 Å². The van der Waals surface area contributed by atoms with Crippen molar-refractivity contribution in [3.8, 4) is 0 Å². The fourth-order valence-corrected chi connectivity index (χ4v) is 3.85. The molecule has 0 saturated heterocycles. The molecule has 0 bridgehead atoms. The highest BCUT2D eigenvalue weighted by atomic mass is 35.5. The van der Waals surface area contributed by atoms with E-state index in [0.29, 0.717) is 0 Å². The summed E-state index contributed by atoms with van der Waals surface area (Å²) in [5.41, 5.74) is 1.73. The average Bonchev–Trinajstić information content (AvgIpc) is 3.02. The molecule has 8 nitrogen and oxygen atoms in total. The van der Waals surface area contributed by atoms with Crippen molar-refractivity contribution in [1.82, 2.24) is 19.2 Å². The molecular formula is C15H19ClN4O4S. The summed E-state index contributed by atoms with van der Waals surface area (Å²) < 4.78 is 29.1. The minimum absolute atomic E-state index is 0. The number of aromatic nitrogens is 2. The molecule has 1 aliphatic rings. The standard InChI is InChI=1S/C15H18N4O4S.ClH/c1-18-9-13(14(20)19(2)15(18)21)24(22,23)17-6-10-3-4-11-7-16-8-12(11)5-10;/h3-5,9,16-17H,6-8H2,1-2H3;1H. The molecule has 0 saturated carbocycles. The Bertz CT molecular complexity index is 1030. The zero-order chi connectivity index (χ0) is 17.5. The Hall–Kier alpha value is -1.94. The van der Waals surface area contributed by atoms with Crippen molar-refractivity contribution in [1.29, 1.82) is 0 Å². The molecule has 10 heteroatoms. The van der Waals surface area contributed by atoms with Gasteiger partial charge in [-0.25, -0.2) is 17.9 Å². The van der Waals surface area contributed by atoms with Crippen LogP contribution in [0.1, 0.15) is 16.7 Å². The number of aryl methyl sites for hydroxylation is 1. The fourth-order valence-electron chi connectivity index (χ4n) is 2.67. The Morgan fingerprint density at radius 3 is 2.56 bits per heavy atom. The molecule has 1 aliphatic heterocycles. The van der Waals surface area contributed by atoms with E-state index in [-0.39, 0.29) is 19.0 Å². The predicted molar refractivity (Wildman–Crippen MR) is 95.2 cm³/mol. The number of rotatable bonds is 4. The van der Waals surface area contributed by atoms with Gasteiger partial charge in [0.05, 0.1) is 0 Å². The first kappa shape index (κ1) is 19.4. The van der Waals surface area contributed by atoms with Crippen LogP contribution in [0.5, 0.6) is 0 Å². The summed E-state index contributed by atoms with van der Waals surface area (Å²) in [7, 11) is -1.38. The minimum atomic E-state index is -4.02. The first-order valence-electron chi connectivity index (χ1n) is 7.37. The van der Waals surface area contributed by atoms with Crippen molar-refractivity contribution in [3.05, 3.63) is 61.9 Å². The molecule has 0 spiro atoms. The summed E-state index contributed by atoms with van der Waals surface area (Å²) in [6.45, 7) is 1.65. The van der Waals surface area contributed by atoms with Crippen LogP contribution in [0.4, 0.5) is 0 Å². The Labute approximate surface area is 151 Å². The van der Waals surface area contributed by atoms with Gasteiger partial charge in [0.15, 0.2) is 4.90 Å². The Kier molecular flexibility index (Phi) is 5.52. The van der Waals surface area contributed by atoms with Gasteiger partial charge in [-0.1, -0.05) is 18.2 Å². The van der Waals surface area contributed by atoms with Gasteiger partial charge in [0.1, 0.15) is 0 Å². The quantitative estimate of drug-likeness (QED) is 0.743. The smallest absolute Gasteiger partial charge is 0.309 e. The number of sulfonamides is 1. The summed E-state index contributed by atoms with van der Waals surface area (Å²) in [6, 6.07) is 5.76. The Morgan fingerprint density at radius 2 is 1.84 bits per heavy atom. The Balaban J connectivity index is 0.00000225. The van der Waals surface area contributed by atoms with Gasteiger partial charge in [-0.2, -0.15) is 0 Å². The largest absolute Gasteiger partial charge is 0.330 e. The Morgan fingerprint density at radius 1 is 1.16 bits per heavy atom. The molecule has 0 atom stereocenters. The van der Waals surface area contributed by atoms with Crippen molar-refractivity contribution < 1.29 is 8.42 Å². The van der Waals surface area contributed by atoms with Gasteiger partial charge in [-0.05, 0) is 16.7 Å². The fraction of sp³-hybridized carbons (Fsp3) is 0.333. The van der Waals surface area contributed by atoms with Crippen LogP contribution in [-0.4, -0.2) is 17.6 Å². The van der Waals surface area contributed by atoms with Gasteiger partial charge >= 0.3 is 5.69 Å². The van der Waals surface area contributed by atoms with Gasteiger partial charge in [0.25, 0.3) is 5.56 Å². The maximum Gasteiger partial charge on any atom is 0.330 e. The second-order valence-corrected chi connectivity index (χ2v) is 7.52. The van der Waals surface area contributed by atoms with E-state index in [9.17, 15) is 18.0 Å². The molecular weight excluding hydrogens is 368 g/mol. The summed E-state index contributed by atoms with van der Waals surface area (Å²) in [5.74, 6) is 0. The van der Waals surface area contributed by atoms with Gasteiger partial charge < -0.3 is 9.88 Å². The zero-order valence-electron chi connectivity index (χ0n) is 13.8. The first-order valence-corrected chi connectivity index (χ1v) is 8.85. The molecule has 0 aliphatic carbocycles. The number of hydrogen-bond donors (Lipinski definition) is 2. The SMILES string of the molecule is Cl.Cn1cc(S(=O)(=O)NCc2ccc3c(c2)CNC3)c(=O)n(C)c1=O. The molecule has 3 rings (SSSR count). The summed E-state index contributed by atoms with van der Waals surface area (Å²) in [4.78, 5) is 23.3. The van der Waals surface area contributed by atoms with Gasteiger partial charge in [0.2, 0.25) is 10.0 Å². The third kappa shape index (κ3) is 3.69. The van der Waals surface area contributed by atoms with E-state index >= 15 is 0 Å². The van der Waals surface area contributed by atoms with E-state index in [1.165, 1.54) is 19.7 Å². The average molecular weight is 387 g/mol. The lowest BCUT2D eigenvalue weighted by molar-refractivity contribution is 0.570. The third-order valence-electron chi connectivity index (χ3n) is 4.07. The van der Waals surface area contributed by atoms with E-state index in [0.717, 1.165) is 39.5 Å². The topological polar surface area (TPSA) is 102 Å². The molecule has 1 aromatic heterocycles. The third-order valence-corrected chi connectivity index (χ3v) is 5.46. The van der Waals surface area contributed by atoms with Crippen molar-refractivity contribution in [2.45, 2.75) is 24.5 Å². The number of benzene rings is 1. The summed E-state index contributed by atoms with van der Waals surface area (Å²) in [6.07, 6.45) is 1.04. The number of halogens is 1. The van der Waals surface area contributed by atoms with E-state index in [1.54, 1.807) is 0 Å². The second kappa shape index (κ2) is 7.12. The van der Waals surface area contributed by atoms with Crippen LogP contribution in [0.15, 0.2) is 38.9 Å². The van der Waals surface area contributed by atoms with Crippen LogP contribution in [0.3, 0.4) is 0 Å². The minimum Gasteiger partial charge on any atom is -0.309 e. The van der Waals surface area contributed by atoms with E-state index in [2.05, 4.69) is 10.0 Å². The van der Waals surface area contributed by atoms with Crippen molar-refractivity contribution in [3.63, 3.8) is 0 Å². The number of nitrogens with zero attached hydrogens (tertiary/aromatic N) is 2. The van der Waals surface area contributed by atoms with Crippen molar-refractivity contribution in [2.75, 3.05) is 0 Å². The van der Waals surface area contributed by atoms with Crippen LogP contribution in [0.25, 0.3) is 0 Å². The van der Waals surface area contributed by atoms with Crippen LogP contribution < -0.4 is 21.3 Å².